The number of hydrazone groups is 1. The van der Waals surface area contributed by atoms with Gasteiger partial charge in [-0.2, -0.15) is 18.3 Å². The zero-order chi connectivity index (χ0) is 24.3. The minimum atomic E-state index is -4.58. The number of rotatable bonds is 6. The Balaban J connectivity index is 1.36. The number of carbonyl (C=O) groups is 1. The molecule has 0 fully saturated rings. The highest BCUT2D eigenvalue weighted by atomic mass is 35.5. The van der Waals surface area contributed by atoms with Gasteiger partial charge >= 0.3 is 6.18 Å². The molecule has 1 aliphatic rings. The van der Waals surface area contributed by atoms with Crippen molar-refractivity contribution in [2.45, 2.75) is 25.2 Å². The number of hydrogen-bond donors (Lipinski definition) is 1. The molecule has 11 heteroatoms. The molecule has 1 aliphatic heterocycles. The maximum Gasteiger partial charge on any atom is 0.417 e. The van der Waals surface area contributed by atoms with Gasteiger partial charge in [0.25, 0.3) is 0 Å². The van der Waals surface area contributed by atoms with Gasteiger partial charge in [0.15, 0.2) is 5.82 Å². The Kier molecular flexibility index (Phi) is 6.69. The Morgan fingerprint density at radius 1 is 1.12 bits per heavy atom. The fourth-order valence-electron chi connectivity index (χ4n) is 3.21. The van der Waals surface area contributed by atoms with E-state index in [4.69, 9.17) is 16.3 Å². The maximum atomic E-state index is 13.0. The van der Waals surface area contributed by atoms with Crippen molar-refractivity contribution in [1.82, 2.24) is 10.3 Å². The molecule has 1 unspecified atom stereocenters. The van der Waals surface area contributed by atoms with Crippen molar-refractivity contribution in [1.29, 1.82) is 0 Å². The summed E-state index contributed by atoms with van der Waals surface area (Å²) in [5.41, 5.74) is -0.201. The van der Waals surface area contributed by atoms with E-state index < -0.39 is 17.8 Å². The highest BCUT2D eigenvalue weighted by Crippen LogP contribution is 2.35. The molecule has 34 heavy (non-hydrogen) atoms. The van der Waals surface area contributed by atoms with Crippen LogP contribution < -0.4 is 15.1 Å². The summed E-state index contributed by atoms with van der Waals surface area (Å²) >= 11 is 6.00. The summed E-state index contributed by atoms with van der Waals surface area (Å²) in [6.07, 6.45) is -2.21. The van der Waals surface area contributed by atoms with Crippen molar-refractivity contribution in [3.63, 3.8) is 0 Å². The molecule has 0 radical (unpaired) electrons. The van der Waals surface area contributed by atoms with Crippen LogP contribution in [0.25, 0.3) is 0 Å². The first-order valence-electron chi connectivity index (χ1n) is 10.1. The van der Waals surface area contributed by atoms with Gasteiger partial charge in [-0.1, -0.05) is 23.7 Å². The highest BCUT2D eigenvalue weighted by molar-refractivity contribution is 6.33. The first-order chi connectivity index (χ1) is 16.2. The summed E-state index contributed by atoms with van der Waals surface area (Å²) in [5.74, 6) is 0.244. The summed E-state index contributed by atoms with van der Waals surface area (Å²) in [6, 6.07) is 12.5. The molecule has 1 N–H and O–H groups in total. The third-order valence-electron chi connectivity index (χ3n) is 4.94. The van der Waals surface area contributed by atoms with E-state index in [1.54, 1.807) is 24.3 Å². The third-order valence-corrected chi connectivity index (χ3v) is 5.22. The number of nitrogens with zero attached hydrogens (tertiary/aromatic N) is 3. The zero-order valence-corrected chi connectivity index (χ0v) is 18.1. The lowest BCUT2D eigenvalue weighted by Gasteiger charge is -2.23. The molecule has 0 bridgehead atoms. The second kappa shape index (κ2) is 9.68. The summed E-state index contributed by atoms with van der Waals surface area (Å²) in [4.78, 5) is 16.5. The number of pyridine rings is 1. The second-order valence-corrected chi connectivity index (χ2v) is 7.75. The Morgan fingerprint density at radius 3 is 2.38 bits per heavy atom. The van der Waals surface area contributed by atoms with Gasteiger partial charge in [-0.15, -0.1) is 0 Å². The predicted molar refractivity (Wildman–Crippen MR) is 118 cm³/mol. The number of nitrogens with one attached hydrogen (secondary N) is 1. The van der Waals surface area contributed by atoms with Crippen LogP contribution in [0.15, 0.2) is 65.9 Å². The number of carbonyl (C=O) groups excluding carboxylic acids is 1. The van der Waals surface area contributed by atoms with Crippen LogP contribution in [0, 0.1) is 5.82 Å². The van der Waals surface area contributed by atoms with Crippen LogP contribution in [-0.2, 0) is 17.5 Å². The molecule has 0 saturated heterocycles. The fraction of sp³-hybridized carbons (Fsp3) is 0.174. The van der Waals surface area contributed by atoms with Crippen molar-refractivity contribution in [2.24, 2.45) is 5.10 Å². The molecule has 0 saturated carbocycles. The molecular formula is C23H17ClF4N4O2. The average molecular weight is 493 g/mol. The molecular weight excluding hydrogens is 476 g/mol. The minimum Gasteiger partial charge on any atom is -0.457 e. The number of hydrogen-bond acceptors (Lipinski definition) is 5. The third kappa shape index (κ3) is 5.45. The standard InChI is InChI=1S/C23H17ClF4N4O2/c24-19-11-15(23(26,27)28)13-29-21(19)32-20(9-10-31-32)22(33)30-12-14-1-5-17(6-2-14)34-18-7-3-16(25)4-8-18/h1-8,10-11,13,20H,9,12H2,(H,30,33). The second-order valence-electron chi connectivity index (χ2n) is 7.34. The van der Waals surface area contributed by atoms with E-state index in [2.05, 4.69) is 15.4 Å². The minimum absolute atomic E-state index is 0.0362. The molecule has 0 spiro atoms. The quantitative estimate of drug-likeness (QED) is 0.457. The number of ether oxygens (including phenoxy) is 1. The molecule has 2 aromatic carbocycles. The summed E-state index contributed by atoms with van der Waals surface area (Å²) in [6.45, 7) is 0.203. The molecule has 1 atom stereocenters. The molecule has 3 aromatic rings. The largest absolute Gasteiger partial charge is 0.457 e. The van der Waals surface area contributed by atoms with Gasteiger partial charge in [-0.05, 0) is 48.0 Å². The van der Waals surface area contributed by atoms with Crippen molar-refractivity contribution in [2.75, 3.05) is 5.01 Å². The zero-order valence-electron chi connectivity index (χ0n) is 17.4. The van der Waals surface area contributed by atoms with E-state index in [0.29, 0.717) is 17.7 Å². The van der Waals surface area contributed by atoms with Gasteiger partial charge in [-0.3, -0.25) is 4.79 Å². The van der Waals surface area contributed by atoms with Crippen LogP contribution in [0.1, 0.15) is 17.5 Å². The van der Waals surface area contributed by atoms with Gasteiger partial charge in [0.2, 0.25) is 5.91 Å². The van der Waals surface area contributed by atoms with Crippen molar-refractivity contribution < 1.29 is 27.1 Å². The summed E-state index contributed by atoms with van der Waals surface area (Å²) in [5, 5.41) is 7.77. The number of halogens is 5. The van der Waals surface area contributed by atoms with E-state index in [1.165, 1.54) is 35.5 Å². The Bertz CT molecular complexity index is 1200. The van der Waals surface area contributed by atoms with Gasteiger partial charge in [-0.25, -0.2) is 14.4 Å². The number of amides is 1. The average Bonchev–Trinajstić information content (AvgIpc) is 3.29. The summed E-state index contributed by atoms with van der Waals surface area (Å²) in [7, 11) is 0. The number of aromatic nitrogens is 1. The maximum absolute atomic E-state index is 13.0. The lowest BCUT2D eigenvalue weighted by Crippen LogP contribution is -2.42. The molecule has 0 aliphatic carbocycles. The fourth-order valence-corrected chi connectivity index (χ4v) is 3.46. The van der Waals surface area contributed by atoms with Crippen molar-refractivity contribution in [3.8, 4) is 11.5 Å². The number of alkyl halides is 3. The van der Waals surface area contributed by atoms with E-state index in [1.807, 2.05) is 0 Å². The van der Waals surface area contributed by atoms with Crippen LogP contribution in [0.2, 0.25) is 5.02 Å². The van der Waals surface area contributed by atoms with Gasteiger partial charge < -0.3 is 10.1 Å². The Morgan fingerprint density at radius 2 is 1.76 bits per heavy atom. The Labute approximate surface area is 196 Å². The molecule has 4 rings (SSSR count). The van der Waals surface area contributed by atoms with Gasteiger partial charge in [0.05, 0.1) is 10.6 Å². The van der Waals surface area contributed by atoms with Gasteiger partial charge in [0, 0.05) is 25.4 Å². The van der Waals surface area contributed by atoms with Crippen LogP contribution >= 0.6 is 11.6 Å². The van der Waals surface area contributed by atoms with E-state index in [-0.39, 0.29) is 35.5 Å². The topological polar surface area (TPSA) is 66.8 Å². The lowest BCUT2D eigenvalue weighted by atomic mass is 10.1. The molecule has 6 nitrogen and oxygen atoms in total. The number of anilines is 1. The van der Waals surface area contributed by atoms with Crippen LogP contribution in [0.5, 0.6) is 11.5 Å². The van der Waals surface area contributed by atoms with Crippen LogP contribution in [0.3, 0.4) is 0 Å². The first-order valence-corrected chi connectivity index (χ1v) is 10.4. The number of benzene rings is 2. The smallest absolute Gasteiger partial charge is 0.417 e. The van der Waals surface area contributed by atoms with Gasteiger partial charge in [0.1, 0.15) is 23.4 Å². The van der Waals surface area contributed by atoms with Crippen molar-refractivity contribution >= 4 is 29.5 Å². The summed E-state index contributed by atoms with van der Waals surface area (Å²) < 4.78 is 57.2. The molecule has 1 aromatic heterocycles. The van der Waals surface area contributed by atoms with Crippen LogP contribution in [-0.4, -0.2) is 23.1 Å². The monoisotopic (exact) mass is 492 g/mol. The normalized spacial score (nSPS) is 15.4. The lowest BCUT2D eigenvalue weighted by molar-refractivity contribution is -0.137. The first kappa shape index (κ1) is 23.5. The van der Waals surface area contributed by atoms with Crippen LogP contribution in [0.4, 0.5) is 23.4 Å². The molecule has 176 valence electrons. The van der Waals surface area contributed by atoms with Crippen molar-refractivity contribution in [3.05, 3.63) is 82.8 Å². The molecule has 1 amide bonds. The Hall–Kier alpha value is -3.66. The SMILES string of the molecule is O=C(NCc1ccc(Oc2ccc(F)cc2)cc1)C1CC=NN1c1ncc(C(F)(F)F)cc1Cl. The van der Waals surface area contributed by atoms with E-state index in [0.717, 1.165) is 11.6 Å². The highest BCUT2D eigenvalue weighted by Gasteiger charge is 2.35. The predicted octanol–water partition coefficient (Wildman–Crippen LogP) is 5.57. The molecule has 2 heterocycles. The van der Waals surface area contributed by atoms with E-state index >= 15 is 0 Å². The van der Waals surface area contributed by atoms with E-state index in [9.17, 15) is 22.4 Å².